The van der Waals surface area contributed by atoms with E-state index in [2.05, 4.69) is 27.5 Å². The molecule has 0 radical (unpaired) electrons. The first-order chi connectivity index (χ1) is 12.9. The number of hydrogen-bond donors (Lipinski definition) is 2. The molecule has 0 fully saturated rings. The number of nitrogens with one attached hydrogen (secondary N) is 2. The van der Waals surface area contributed by atoms with E-state index in [-0.39, 0.29) is 54.1 Å². The van der Waals surface area contributed by atoms with Gasteiger partial charge in [0.05, 0.1) is 12.1 Å². The number of carbonyl (C=O) groups is 1. The molecule has 0 aliphatic heterocycles. The van der Waals surface area contributed by atoms with Gasteiger partial charge in [0.1, 0.15) is 6.54 Å². The summed E-state index contributed by atoms with van der Waals surface area (Å²) in [6.45, 7) is 8.39. The molecule has 1 amide bonds. The van der Waals surface area contributed by atoms with E-state index in [4.69, 9.17) is 0 Å². The molecule has 9 heteroatoms. The number of likely N-dealkylation sites (N-methyl/N-ethyl adjacent to an activating group) is 1. The molecule has 0 aromatic heterocycles. The number of alkyl halides is 3. The van der Waals surface area contributed by atoms with Crippen LogP contribution in [0.1, 0.15) is 38.8 Å². The molecule has 0 aliphatic rings. The van der Waals surface area contributed by atoms with Crippen molar-refractivity contribution in [2.75, 3.05) is 26.7 Å². The predicted molar refractivity (Wildman–Crippen MR) is 120 cm³/mol. The van der Waals surface area contributed by atoms with Crippen LogP contribution in [0.15, 0.2) is 29.3 Å². The zero-order valence-electron chi connectivity index (χ0n) is 17.3. The van der Waals surface area contributed by atoms with E-state index in [1.165, 1.54) is 12.1 Å². The van der Waals surface area contributed by atoms with Crippen molar-refractivity contribution in [3.8, 4) is 11.8 Å². The van der Waals surface area contributed by atoms with Crippen LogP contribution in [-0.4, -0.2) is 49.0 Å². The zero-order chi connectivity index (χ0) is 21.4. The Morgan fingerprint density at radius 3 is 2.45 bits per heavy atom. The zero-order valence-corrected chi connectivity index (χ0v) is 19.6. The van der Waals surface area contributed by atoms with Gasteiger partial charge in [0.25, 0.3) is 0 Å². The quantitative estimate of drug-likeness (QED) is 0.275. The fourth-order valence-electron chi connectivity index (χ4n) is 2.25. The van der Waals surface area contributed by atoms with Crippen LogP contribution in [0, 0.1) is 11.8 Å². The van der Waals surface area contributed by atoms with Crippen LogP contribution >= 0.6 is 24.0 Å². The highest BCUT2D eigenvalue weighted by molar-refractivity contribution is 14.0. The van der Waals surface area contributed by atoms with Crippen molar-refractivity contribution < 1.29 is 18.0 Å². The predicted octanol–water partition coefficient (Wildman–Crippen LogP) is 3.49. The summed E-state index contributed by atoms with van der Waals surface area (Å²) in [5.41, 5.74) is -0.794. The third-order valence-electron chi connectivity index (χ3n) is 3.32. The van der Waals surface area contributed by atoms with Crippen molar-refractivity contribution in [3.63, 3.8) is 0 Å². The molecule has 1 aromatic carbocycles. The Balaban J connectivity index is 0.00000784. The maximum absolute atomic E-state index is 12.7. The number of halogens is 4. The molecule has 0 heterocycles. The number of guanidine groups is 1. The Morgan fingerprint density at radius 2 is 1.90 bits per heavy atom. The van der Waals surface area contributed by atoms with Crippen molar-refractivity contribution in [3.05, 3.63) is 35.4 Å². The number of aliphatic imine (C=N–C) groups is 1. The first kappa shape index (κ1) is 27.0. The number of carbonyl (C=O) groups excluding carboxylic acids is 1. The molecular formula is C20H28F3IN4O. The van der Waals surface area contributed by atoms with E-state index < -0.39 is 11.7 Å². The minimum absolute atomic E-state index is 0. The SMILES string of the molecule is CCNC(=NCC#Cc1cccc(C(F)(F)F)c1)N(C)CC(=O)NC(C)(C)C.I. The van der Waals surface area contributed by atoms with Crippen molar-refractivity contribution in [2.24, 2.45) is 4.99 Å². The minimum atomic E-state index is -4.40. The monoisotopic (exact) mass is 524 g/mol. The second-order valence-electron chi connectivity index (χ2n) is 7.20. The maximum atomic E-state index is 12.7. The highest BCUT2D eigenvalue weighted by Gasteiger charge is 2.30. The Hall–Kier alpha value is -1.96. The van der Waals surface area contributed by atoms with Crippen LogP contribution in [0.3, 0.4) is 0 Å². The van der Waals surface area contributed by atoms with E-state index in [0.717, 1.165) is 12.1 Å². The van der Waals surface area contributed by atoms with Gasteiger partial charge in [0, 0.05) is 24.7 Å². The summed E-state index contributed by atoms with van der Waals surface area (Å²) in [6.07, 6.45) is -4.40. The van der Waals surface area contributed by atoms with Gasteiger partial charge in [-0.15, -0.1) is 24.0 Å². The van der Waals surface area contributed by atoms with Gasteiger partial charge in [-0.05, 0) is 45.9 Å². The van der Waals surface area contributed by atoms with Gasteiger partial charge < -0.3 is 15.5 Å². The van der Waals surface area contributed by atoms with Gasteiger partial charge in [-0.25, -0.2) is 4.99 Å². The second-order valence-corrected chi connectivity index (χ2v) is 7.20. The lowest BCUT2D eigenvalue weighted by Gasteiger charge is -2.25. The fraction of sp³-hybridized carbons (Fsp3) is 0.500. The molecule has 1 aromatic rings. The summed E-state index contributed by atoms with van der Waals surface area (Å²) in [6, 6.07) is 4.84. The van der Waals surface area contributed by atoms with E-state index in [9.17, 15) is 18.0 Å². The molecule has 5 nitrogen and oxygen atoms in total. The van der Waals surface area contributed by atoms with Crippen molar-refractivity contribution in [1.82, 2.24) is 15.5 Å². The summed E-state index contributed by atoms with van der Waals surface area (Å²) in [5.74, 6) is 5.77. The third kappa shape index (κ3) is 11.0. The van der Waals surface area contributed by atoms with Gasteiger partial charge in [-0.3, -0.25) is 4.79 Å². The largest absolute Gasteiger partial charge is 0.416 e. The van der Waals surface area contributed by atoms with Crippen LogP contribution < -0.4 is 10.6 Å². The lowest BCUT2D eigenvalue weighted by molar-refractivity contribution is -0.137. The first-order valence-electron chi connectivity index (χ1n) is 8.89. The molecule has 1 rings (SSSR count). The fourth-order valence-corrected chi connectivity index (χ4v) is 2.25. The van der Waals surface area contributed by atoms with Gasteiger partial charge in [0.15, 0.2) is 5.96 Å². The van der Waals surface area contributed by atoms with Gasteiger partial charge in [-0.2, -0.15) is 13.2 Å². The smallest absolute Gasteiger partial charge is 0.356 e. The summed E-state index contributed by atoms with van der Waals surface area (Å²) in [5, 5.41) is 5.93. The summed E-state index contributed by atoms with van der Waals surface area (Å²) >= 11 is 0. The van der Waals surface area contributed by atoms with Gasteiger partial charge in [-0.1, -0.05) is 17.9 Å². The molecule has 162 valence electrons. The summed E-state index contributed by atoms with van der Waals surface area (Å²) in [4.78, 5) is 18.0. The van der Waals surface area contributed by atoms with Gasteiger partial charge in [0.2, 0.25) is 5.91 Å². The standard InChI is InChI=1S/C20H27F3N4O.HI/c1-6-24-18(27(5)14-17(28)26-19(2,3)4)25-12-8-10-15-9-7-11-16(13-15)20(21,22)23;/h7,9,11,13H,6,12,14H2,1-5H3,(H,24,25)(H,26,28);1H. The van der Waals surface area contributed by atoms with Crippen molar-refractivity contribution in [2.45, 2.75) is 39.4 Å². The Morgan fingerprint density at radius 1 is 1.24 bits per heavy atom. The molecule has 0 unspecified atom stereocenters. The van der Waals surface area contributed by atoms with Crippen LogP contribution in [-0.2, 0) is 11.0 Å². The molecule has 0 saturated heterocycles. The molecule has 0 spiro atoms. The average Bonchev–Trinajstić information content (AvgIpc) is 2.55. The Kier molecular flexibility index (Phi) is 11.1. The number of nitrogens with zero attached hydrogens (tertiary/aromatic N) is 2. The van der Waals surface area contributed by atoms with Crippen LogP contribution in [0.5, 0.6) is 0 Å². The first-order valence-corrected chi connectivity index (χ1v) is 8.89. The van der Waals surface area contributed by atoms with Crippen molar-refractivity contribution >= 4 is 35.8 Å². The molecule has 0 aliphatic carbocycles. The lowest BCUT2D eigenvalue weighted by Crippen LogP contribution is -2.48. The minimum Gasteiger partial charge on any atom is -0.356 e. The average molecular weight is 524 g/mol. The third-order valence-corrected chi connectivity index (χ3v) is 3.32. The van der Waals surface area contributed by atoms with E-state index in [1.807, 2.05) is 27.7 Å². The van der Waals surface area contributed by atoms with Crippen molar-refractivity contribution in [1.29, 1.82) is 0 Å². The van der Waals surface area contributed by atoms with Gasteiger partial charge >= 0.3 is 6.18 Å². The summed E-state index contributed by atoms with van der Waals surface area (Å²) in [7, 11) is 1.73. The number of amides is 1. The van der Waals surface area contributed by atoms with Crippen LogP contribution in [0.25, 0.3) is 0 Å². The van der Waals surface area contributed by atoms with E-state index in [0.29, 0.717) is 12.5 Å². The molecular weight excluding hydrogens is 496 g/mol. The van der Waals surface area contributed by atoms with Crippen LogP contribution in [0.4, 0.5) is 13.2 Å². The number of benzene rings is 1. The lowest BCUT2D eigenvalue weighted by atomic mass is 10.1. The molecule has 29 heavy (non-hydrogen) atoms. The highest BCUT2D eigenvalue weighted by atomic mass is 127. The topological polar surface area (TPSA) is 56.7 Å². The Bertz CT molecular complexity index is 761. The normalized spacial score (nSPS) is 11.7. The molecule has 2 N–H and O–H groups in total. The van der Waals surface area contributed by atoms with Crippen LogP contribution in [0.2, 0.25) is 0 Å². The second kappa shape index (κ2) is 11.9. The maximum Gasteiger partial charge on any atom is 0.416 e. The van der Waals surface area contributed by atoms with E-state index in [1.54, 1.807) is 11.9 Å². The molecule has 0 atom stereocenters. The summed E-state index contributed by atoms with van der Waals surface area (Å²) < 4.78 is 38.2. The number of rotatable bonds is 4. The molecule has 0 bridgehead atoms. The number of hydrogen-bond acceptors (Lipinski definition) is 2. The van der Waals surface area contributed by atoms with E-state index >= 15 is 0 Å². The Labute approximate surface area is 187 Å². The molecule has 0 saturated carbocycles. The highest BCUT2D eigenvalue weighted by Crippen LogP contribution is 2.29.